The van der Waals surface area contributed by atoms with Crippen LogP contribution in [-0.4, -0.2) is 66.0 Å². The van der Waals surface area contributed by atoms with Crippen LogP contribution in [0.15, 0.2) is 24.3 Å². The number of hydrogen-bond donors (Lipinski definition) is 6. The Morgan fingerprint density at radius 1 is 1.00 bits per heavy atom. The van der Waals surface area contributed by atoms with Gasteiger partial charge in [-0.15, -0.1) is 0 Å². The number of anilines is 1. The molecule has 0 heterocycles. The molecule has 0 aromatic heterocycles. The molecule has 1 aromatic rings. The summed E-state index contributed by atoms with van der Waals surface area (Å²) in [5, 5.41) is 32.1. The van der Waals surface area contributed by atoms with Gasteiger partial charge in [-0.2, -0.15) is 0 Å². The third kappa shape index (κ3) is 15.5. The summed E-state index contributed by atoms with van der Waals surface area (Å²) in [6, 6.07) is 7.53. The third-order valence-electron chi connectivity index (χ3n) is 2.18. The van der Waals surface area contributed by atoms with E-state index in [-0.39, 0.29) is 13.2 Å². The molecule has 2 amide bonds. The maximum Gasteiger partial charge on any atom is 0.402 e. The van der Waals surface area contributed by atoms with E-state index < -0.39 is 12.2 Å². The Morgan fingerprint density at radius 3 is 1.61 bits per heavy atom. The first kappa shape index (κ1) is 22.6. The van der Waals surface area contributed by atoms with Crippen LogP contribution in [0.4, 0.5) is 15.3 Å². The van der Waals surface area contributed by atoms with Gasteiger partial charge >= 0.3 is 12.2 Å². The Bertz CT molecular complexity index is 414. The molecule has 0 spiro atoms. The van der Waals surface area contributed by atoms with Crippen LogP contribution in [0.5, 0.6) is 5.75 Å². The number of rotatable bonds is 6. The molecule has 10 heteroatoms. The number of ether oxygens (including phenoxy) is 1. The van der Waals surface area contributed by atoms with E-state index in [2.05, 4.69) is 11.5 Å². The summed E-state index contributed by atoms with van der Waals surface area (Å²) in [7, 11) is 1.62. The van der Waals surface area contributed by atoms with Crippen LogP contribution in [0.3, 0.4) is 0 Å². The van der Waals surface area contributed by atoms with Crippen molar-refractivity contribution in [2.45, 2.75) is 0 Å². The van der Waals surface area contributed by atoms with Crippen molar-refractivity contribution in [1.82, 2.24) is 0 Å². The zero-order valence-electron chi connectivity index (χ0n) is 12.8. The molecular weight excluding hydrogens is 310 g/mol. The molecule has 132 valence electrons. The third-order valence-corrected chi connectivity index (χ3v) is 2.18. The van der Waals surface area contributed by atoms with Gasteiger partial charge in [0, 0.05) is 18.8 Å². The molecule has 0 saturated carbocycles. The highest BCUT2D eigenvalue weighted by atomic mass is 16.5. The van der Waals surface area contributed by atoms with E-state index in [1.54, 1.807) is 7.11 Å². The van der Waals surface area contributed by atoms with Crippen LogP contribution in [0.2, 0.25) is 0 Å². The lowest BCUT2D eigenvalue weighted by Gasteiger charge is -2.22. The summed E-state index contributed by atoms with van der Waals surface area (Å²) >= 11 is 0. The number of primary amides is 2. The normalized spacial score (nSPS) is 8.65. The number of nitrogens with two attached hydrogens (primary N) is 2. The standard InChI is InChI=1S/C11H17NO3.2CH3NO2/c1-15-11-4-2-10(3-5-11)12(6-8-13)7-9-14;2*2-1(3)4/h2-5,13-14H,6-9H2,1H3;2*2H2,(H,3,4). The lowest BCUT2D eigenvalue weighted by Crippen LogP contribution is -2.29. The first-order valence-electron chi connectivity index (χ1n) is 6.36. The number of carboxylic acid groups (broad SMARTS) is 2. The number of methoxy groups -OCH3 is 1. The number of amides is 2. The monoisotopic (exact) mass is 333 g/mol. The fourth-order valence-corrected chi connectivity index (χ4v) is 1.40. The van der Waals surface area contributed by atoms with Gasteiger partial charge in [0.25, 0.3) is 0 Å². The molecule has 0 atom stereocenters. The van der Waals surface area contributed by atoms with E-state index in [1.807, 2.05) is 29.2 Å². The Morgan fingerprint density at radius 2 is 1.35 bits per heavy atom. The zero-order valence-corrected chi connectivity index (χ0v) is 12.8. The van der Waals surface area contributed by atoms with Crippen molar-refractivity contribution >= 4 is 17.9 Å². The summed E-state index contributed by atoms with van der Waals surface area (Å²) < 4.78 is 5.05. The highest BCUT2D eigenvalue weighted by Crippen LogP contribution is 2.18. The Balaban J connectivity index is 0. The van der Waals surface area contributed by atoms with Gasteiger partial charge in [0.15, 0.2) is 0 Å². The van der Waals surface area contributed by atoms with Crippen LogP contribution in [0.25, 0.3) is 0 Å². The molecule has 0 fully saturated rings. The van der Waals surface area contributed by atoms with E-state index in [0.717, 1.165) is 11.4 Å². The predicted octanol–water partition coefficient (Wildman–Crippen LogP) is -0.268. The Labute approximate surface area is 133 Å². The van der Waals surface area contributed by atoms with E-state index in [0.29, 0.717) is 13.1 Å². The van der Waals surface area contributed by atoms with Gasteiger partial charge in [-0.3, -0.25) is 0 Å². The molecular formula is C13H23N3O7. The van der Waals surface area contributed by atoms with Crippen molar-refractivity contribution in [3.05, 3.63) is 24.3 Å². The molecule has 8 N–H and O–H groups in total. The largest absolute Gasteiger partial charge is 0.497 e. The van der Waals surface area contributed by atoms with Gasteiger partial charge < -0.3 is 41.5 Å². The molecule has 0 saturated heterocycles. The second-order valence-corrected chi connectivity index (χ2v) is 3.81. The predicted molar refractivity (Wildman–Crippen MR) is 83.8 cm³/mol. The summed E-state index contributed by atoms with van der Waals surface area (Å²) in [5.41, 5.74) is 9.03. The maximum atomic E-state index is 8.88. The van der Waals surface area contributed by atoms with Crippen LogP contribution in [0.1, 0.15) is 0 Å². The topological polar surface area (TPSA) is 180 Å². The highest BCUT2D eigenvalue weighted by Gasteiger charge is 2.04. The van der Waals surface area contributed by atoms with Crippen molar-refractivity contribution in [3.8, 4) is 5.75 Å². The number of hydrogen-bond acceptors (Lipinski definition) is 6. The maximum absolute atomic E-state index is 8.88. The number of benzene rings is 1. The van der Waals surface area contributed by atoms with Gasteiger partial charge in [-0.1, -0.05) is 0 Å². The van der Waals surface area contributed by atoms with Crippen molar-refractivity contribution in [2.75, 3.05) is 38.3 Å². The summed E-state index contributed by atoms with van der Waals surface area (Å²) in [6.45, 7) is 1.19. The minimum atomic E-state index is -1.33. The lowest BCUT2D eigenvalue weighted by atomic mass is 10.2. The first-order valence-corrected chi connectivity index (χ1v) is 6.36. The molecule has 1 rings (SSSR count). The van der Waals surface area contributed by atoms with Crippen LogP contribution < -0.4 is 21.1 Å². The molecule has 23 heavy (non-hydrogen) atoms. The quantitative estimate of drug-likeness (QED) is 0.411. The molecule has 0 aliphatic rings. The number of nitrogens with zero attached hydrogens (tertiary/aromatic N) is 1. The second kappa shape index (κ2) is 14.2. The van der Waals surface area contributed by atoms with Crippen molar-refractivity contribution in [2.24, 2.45) is 11.5 Å². The summed E-state index contributed by atoms with van der Waals surface area (Å²) in [5.74, 6) is 0.798. The van der Waals surface area contributed by atoms with Gasteiger partial charge in [0.2, 0.25) is 0 Å². The summed E-state index contributed by atoms with van der Waals surface area (Å²) in [6.07, 6.45) is -2.67. The minimum Gasteiger partial charge on any atom is -0.497 e. The van der Waals surface area contributed by atoms with Crippen molar-refractivity contribution in [3.63, 3.8) is 0 Å². The van der Waals surface area contributed by atoms with Crippen molar-refractivity contribution < 1.29 is 34.8 Å². The van der Waals surface area contributed by atoms with Gasteiger partial charge in [0.05, 0.1) is 20.3 Å². The minimum absolute atomic E-state index is 0.0754. The summed E-state index contributed by atoms with van der Waals surface area (Å²) in [4.78, 5) is 19.5. The average molecular weight is 333 g/mol. The number of aliphatic hydroxyl groups is 2. The second-order valence-electron chi connectivity index (χ2n) is 3.81. The van der Waals surface area contributed by atoms with E-state index >= 15 is 0 Å². The zero-order chi connectivity index (χ0) is 18.3. The van der Waals surface area contributed by atoms with E-state index in [9.17, 15) is 0 Å². The van der Waals surface area contributed by atoms with Crippen LogP contribution >= 0.6 is 0 Å². The number of carbonyl (C=O) groups is 2. The highest BCUT2D eigenvalue weighted by molar-refractivity contribution is 5.61. The molecule has 0 radical (unpaired) electrons. The van der Waals surface area contributed by atoms with Gasteiger partial charge in [-0.25, -0.2) is 9.59 Å². The van der Waals surface area contributed by atoms with E-state index in [1.165, 1.54) is 0 Å². The number of aliphatic hydroxyl groups excluding tert-OH is 2. The van der Waals surface area contributed by atoms with Crippen LogP contribution in [-0.2, 0) is 0 Å². The van der Waals surface area contributed by atoms with Crippen molar-refractivity contribution in [1.29, 1.82) is 0 Å². The van der Waals surface area contributed by atoms with Gasteiger partial charge in [0.1, 0.15) is 5.75 Å². The molecule has 1 aromatic carbocycles. The SMILES string of the molecule is COc1ccc(N(CCO)CCO)cc1.NC(=O)O.NC(=O)O. The fourth-order valence-electron chi connectivity index (χ4n) is 1.40. The smallest absolute Gasteiger partial charge is 0.402 e. The van der Waals surface area contributed by atoms with Crippen LogP contribution in [0, 0.1) is 0 Å². The Kier molecular flexibility index (Phi) is 14.0. The molecule has 0 unspecified atom stereocenters. The first-order chi connectivity index (χ1) is 10.8. The molecule has 0 aliphatic carbocycles. The Hall–Kier alpha value is -2.72. The molecule has 10 nitrogen and oxygen atoms in total. The molecule has 0 bridgehead atoms. The van der Waals surface area contributed by atoms with E-state index in [4.69, 9.17) is 34.8 Å². The fraction of sp³-hybridized carbons (Fsp3) is 0.385. The molecule has 0 aliphatic heterocycles. The average Bonchev–Trinajstić information content (AvgIpc) is 2.46. The lowest BCUT2D eigenvalue weighted by molar-refractivity contribution is 0.204. The van der Waals surface area contributed by atoms with Gasteiger partial charge in [-0.05, 0) is 24.3 Å².